The highest BCUT2D eigenvalue weighted by Crippen LogP contribution is 2.29. The molecule has 0 saturated carbocycles. The van der Waals surface area contributed by atoms with E-state index in [1.807, 2.05) is 19.2 Å². The van der Waals surface area contributed by atoms with Crippen LogP contribution in [0.4, 0.5) is 5.69 Å². The molecule has 28 heavy (non-hydrogen) atoms. The Hall–Kier alpha value is -1.22. The largest absolute Gasteiger partial charge is 0.495 e. The van der Waals surface area contributed by atoms with Gasteiger partial charge in [-0.25, -0.2) is 0 Å². The molecule has 2 unspecified atom stereocenters. The monoisotopic (exact) mass is 501 g/mol. The molecule has 0 aliphatic carbocycles. The van der Waals surface area contributed by atoms with E-state index in [0.29, 0.717) is 12.0 Å². The van der Waals surface area contributed by atoms with Crippen LogP contribution in [0, 0.1) is 5.92 Å². The number of anilines is 1. The van der Waals surface area contributed by atoms with Gasteiger partial charge in [0.05, 0.1) is 12.8 Å². The normalized spacial score (nSPS) is 23.7. The molecule has 1 aromatic rings. The molecule has 0 amide bonds. The van der Waals surface area contributed by atoms with E-state index in [2.05, 4.69) is 44.6 Å². The highest BCUT2D eigenvalue weighted by Gasteiger charge is 2.23. The highest BCUT2D eigenvalue weighted by atomic mass is 127. The average molecular weight is 501 g/mol. The van der Waals surface area contributed by atoms with Gasteiger partial charge in [0.2, 0.25) is 0 Å². The molecule has 0 aromatic heterocycles. The van der Waals surface area contributed by atoms with E-state index in [9.17, 15) is 0 Å². The van der Waals surface area contributed by atoms with Crippen molar-refractivity contribution in [2.75, 3.05) is 58.8 Å². The second kappa shape index (κ2) is 11.7. The van der Waals surface area contributed by atoms with Gasteiger partial charge >= 0.3 is 0 Å². The van der Waals surface area contributed by atoms with Crippen molar-refractivity contribution in [1.29, 1.82) is 0 Å². The molecule has 3 rings (SSSR count). The summed E-state index contributed by atoms with van der Waals surface area (Å²) in [5.74, 6) is 2.58. The summed E-state index contributed by atoms with van der Waals surface area (Å²) in [6.45, 7) is 5.43. The summed E-state index contributed by atoms with van der Waals surface area (Å²) in [6, 6.07) is 8.68. The van der Waals surface area contributed by atoms with Crippen molar-refractivity contribution in [2.45, 2.75) is 31.7 Å². The number of guanidine groups is 1. The van der Waals surface area contributed by atoms with Crippen LogP contribution in [0.15, 0.2) is 29.3 Å². The number of ether oxygens (including phenoxy) is 1. The second-order valence-corrected chi connectivity index (χ2v) is 7.82. The van der Waals surface area contributed by atoms with Crippen LogP contribution in [0.3, 0.4) is 0 Å². The third-order valence-corrected chi connectivity index (χ3v) is 5.69. The van der Waals surface area contributed by atoms with E-state index < -0.39 is 0 Å². The number of nitrogens with one attached hydrogen (secondary N) is 2. The summed E-state index contributed by atoms with van der Waals surface area (Å²) in [7, 11) is 5.82. The fourth-order valence-corrected chi connectivity index (χ4v) is 4.27. The van der Waals surface area contributed by atoms with Crippen molar-refractivity contribution >= 4 is 35.6 Å². The lowest BCUT2D eigenvalue weighted by atomic mass is 9.98. The third-order valence-electron chi connectivity index (χ3n) is 5.69. The van der Waals surface area contributed by atoms with E-state index in [-0.39, 0.29) is 24.0 Å². The van der Waals surface area contributed by atoms with Crippen molar-refractivity contribution in [2.24, 2.45) is 10.9 Å². The Balaban J connectivity index is 0.00000280. The molecule has 7 heteroatoms. The van der Waals surface area contributed by atoms with Gasteiger partial charge in [-0.1, -0.05) is 12.1 Å². The second-order valence-electron chi connectivity index (χ2n) is 7.82. The molecule has 2 saturated heterocycles. The fourth-order valence-electron chi connectivity index (χ4n) is 4.27. The maximum absolute atomic E-state index is 5.55. The Morgan fingerprint density at radius 2 is 1.96 bits per heavy atom. The van der Waals surface area contributed by atoms with E-state index in [1.165, 1.54) is 44.5 Å². The minimum atomic E-state index is 0. The standard InChI is InChI=1S/C21H35N5O.HI/c1-22-21(23-14-17-8-6-12-25(2)15-17)24-18-9-7-13-26(16-18)19-10-4-5-11-20(19)27-3;/h4-5,10-11,17-18H,6-9,12-16H2,1-3H3,(H2,22,23,24);1H. The molecule has 1 aromatic carbocycles. The van der Waals surface area contributed by atoms with Crippen LogP contribution in [0.5, 0.6) is 5.75 Å². The molecule has 0 spiro atoms. The topological polar surface area (TPSA) is 52.1 Å². The molecule has 2 fully saturated rings. The lowest BCUT2D eigenvalue weighted by Gasteiger charge is -2.36. The van der Waals surface area contributed by atoms with Gasteiger partial charge in [-0.15, -0.1) is 24.0 Å². The van der Waals surface area contributed by atoms with Crippen LogP contribution >= 0.6 is 24.0 Å². The first-order valence-electron chi connectivity index (χ1n) is 10.2. The van der Waals surface area contributed by atoms with E-state index >= 15 is 0 Å². The Morgan fingerprint density at radius 1 is 1.18 bits per heavy atom. The minimum Gasteiger partial charge on any atom is -0.495 e. The number of para-hydroxylation sites is 2. The van der Waals surface area contributed by atoms with Gasteiger partial charge in [0.15, 0.2) is 5.96 Å². The van der Waals surface area contributed by atoms with Gasteiger partial charge in [0.25, 0.3) is 0 Å². The summed E-state index contributed by atoms with van der Waals surface area (Å²) in [6.07, 6.45) is 4.93. The van der Waals surface area contributed by atoms with Gasteiger partial charge in [-0.3, -0.25) is 4.99 Å². The number of aliphatic imine (C=N–C) groups is 1. The summed E-state index contributed by atoms with van der Waals surface area (Å²) >= 11 is 0. The van der Waals surface area contributed by atoms with Crippen molar-refractivity contribution in [3.8, 4) is 5.75 Å². The lowest BCUT2D eigenvalue weighted by Crippen LogP contribution is -2.52. The van der Waals surface area contributed by atoms with Crippen LogP contribution in [0.2, 0.25) is 0 Å². The zero-order valence-corrected chi connectivity index (χ0v) is 19.8. The SMILES string of the molecule is CN=C(NCC1CCCN(C)C1)NC1CCCN(c2ccccc2OC)C1.I. The summed E-state index contributed by atoms with van der Waals surface area (Å²) in [5.41, 5.74) is 1.18. The lowest BCUT2D eigenvalue weighted by molar-refractivity contribution is 0.210. The molecule has 2 heterocycles. The van der Waals surface area contributed by atoms with Crippen LogP contribution in [0.25, 0.3) is 0 Å². The fraction of sp³-hybridized carbons (Fsp3) is 0.667. The average Bonchev–Trinajstić information content (AvgIpc) is 2.71. The Labute approximate surface area is 187 Å². The van der Waals surface area contributed by atoms with Crippen LogP contribution in [0.1, 0.15) is 25.7 Å². The first-order chi connectivity index (χ1) is 13.2. The van der Waals surface area contributed by atoms with Gasteiger partial charge in [0.1, 0.15) is 5.75 Å². The maximum atomic E-state index is 5.55. The van der Waals surface area contributed by atoms with E-state index in [1.54, 1.807) is 7.11 Å². The number of methoxy groups -OCH3 is 1. The van der Waals surface area contributed by atoms with Crippen LogP contribution < -0.4 is 20.3 Å². The number of hydrogen-bond donors (Lipinski definition) is 2. The van der Waals surface area contributed by atoms with Crippen LogP contribution in [-0.4, -0.2) is 70.8 Å². The van der Waals surface area contributed by atoms with Crippen molar-refractivity contribution in [3.05, 3.63) is 24.3 Å². The highest BCUT2D eigenvalue weighted by molar-refractivity contribution is 14.0. The summed E-state index contributed by atoms with van der Waals surface area (Å²) < 4.78 is 5.55. The van der Waals surface area contributed by atoms with Gasteiger partial charge < -0.3 is 25.2 Å². The number of rotatable bonds is 5. The van der Waals surface area contributed by atoms with Crippen molar-refractivity contribution < 1.29 is 4.74 Å². The Morgan fingerprint density at radius 3 is 2.71 bits per heavy atom. The number of piperidine rings is 2. The Bertz CT molecular complexity index is 627. The van der Waals surface area contributed by atoms with Gasteiger partial charge in [-0.2, -0.15) is 0 Å². The number of hydrogen-bond acceptors (Lipinski definition) is 4. The number of likely N-dealkylation sites (tertiary alicyclic amines) is 1. The zero-order chi connectivity index (χ0) is 19.1. The molecule has 2 aliphatic heterocycles. The molecule has 0 bridgehead atoms. The Kier molecular flexibility index (Phi) is 9.64. The molecule has 158 valence electrons. The third kappa shape index (κ3) is 6.40. The summed E-state index contributed by atoms with van der Waals surface area (Å²) in [5, 5.41) is 7.19. The molecular weight excluding hydrogens is 465 g/mol. The molecule has 2 atom stereocenters. The molecule has 0 radical (unpaired) electrons. The summed E-state index contributed by atoms with van der Waals surface area (Å²) in [4.78, 5) is 9.30. The number of benzene rings is 1. The van der Waals surface area contributed by atoms with E-state index in [0.717, 1.165) is 31.3 Å². The first-order valence-corrected chi connectivity index (χ1v) is 10.2. The predicted octanol–water partition coefficient (Wildman–Crippen LogP) is 2.79. The number of halogens is 1. The molecule has 6 nitrogen and oxygen atoms in total. The number of nitrogens with zero attached hydrogens (tertiary/aromatic N) is 3. The molecular formula is C21H36IN5O. The molecule has 2 N–H and O–H groups in total. The van der Waals surface area contributed by atoms with E-state index in [4.69, 9.17) is 4.74 Å². The van der Waals surface area contributed by atoms with Gasteiger partial charge in [-0.05, 0) is 57.3 Å². The maximum Gasteiger partial charge on any atom is 0.191 e. The molecule has 2 aliphatic rings. The van der Waals surface area contributed by atoms with Gasteiger partial charge in [0, 0.05) is 39.3 Å². The van der Waals surface area contributed by atoms with Crippen molar-refractivity contribution in [3.63, 3.8) is 0 Å². The predicted molar refractivity (Wildman–Crippen MR) is 128 cm³/mol. The van der Waals surface area contributed by atoms with Crippen molar-refractivity contribution in [1.82, 2.24) is 15.5 Å². The zero-order valence-electron chi connectivity index (χ0n) is 17.5. The quantitative estimate of drug-likeness (QED) is 0.369. The smallest absolute Gasteiger partial charge is 0.191 e. The first kappa shape index (κ1) is 23.1. The minimum absolute atomic E-state index is 0. The van der Waals surface area contributed by atoms with Crippen LogP contribution in [-0.2, 0) is 0 Å².